The van der Waals surface area contributed by atoms with Crippen LogP contribution in [-0.4, -0.2) is 18.0 Å². The lowest BCUT2D eigenvalue weighted by Crippen LogP contribution is -2.28. The molecular formula is C23H26N2O2. The number of hydrogen-bond donors (Lipinski definition) is 1. The normalized spacial score (nSPS) is 17.1. The lowest BCUT2D eigenvalue weighted by molar-refractivity contribution is -0.118. The number of allylic oxidation sites excluding steroid dienone is 1. The predicted molar refractivity (Wildman–Crippen MR) is 108 cm³/mol. The minimum atomic E-state index is -0.457. The van der Waals surface area contributed by atoms with Gasteiger partial charge in [-0.15, -0.1) is 0 Å². The molecule has 1 fully saturated rings. The van der Waals surface area contributed by atoms with Gasteiger partial charge in [0, 0.05) is 0 Å². The van der Waals surface area contributed by atoms with Crippen molar-refractivity contribution >= 4 is 17.8 Å². The fourth-order valence-electron chi connectivity index (χ4n) is 3.68. The van der Waals surface area contributed by atoms with Crippen LogP contribution in [0.3, 0.4) is 0 Å². The SMILES string of the molecule is COc1cccc(C2(C(=O)Nc3ccc4c(n3)C=C(C(C)(C)C)C4)CC2)c1. The number of anilines is 1. The van der Waals surface area contributed by atoms with Gasteiger partial charge in [-0.3, -0.25) is 4.79 Å². The minimum absolute atomic E-state index is 0.0150. The van der Waals surface area contributed by atoms with Crippen LogP contribution in [0.25, 0.3) is 6.08 Å². The lowest BCUT2D eigenvalue weighted by Gasteiger charge is -2.19. The van der Waals surface area contributed by atoms with E-state index in [0.717, 1.165) is 36.3 Å². The van der Waals surface area contributed by atoms with Gasteiger partial charge < -0.3 is 10.1 Å². The molecule has 27 heavy (non-hydrogen) atoms. The van der Waals surface area contributed by atoms with E-state index >= 15 is 0 Å². The molecule has 0 atom stereocenters. The molecule has 1 aromatic carbocycles. The van der Waals surface area contributed by atoms with Crippen molar-refractivity contribution in [3.8, 4) is 5.75 Å². The quantitative estimate of drug-likeness (QED) is 0.854. The van der Waals surface area contributed by atoms with E-state index in [-0.39, 0.29) is 11.3 Å². The zero-order valence-corrected chi connectivity index (χ0v) is 16.4. The Morgan fingerprint density at radius 1 is 1.19 bits per heavy atom. The van der Waals surface area contributed by atoms with Crippen molar-refractivity contribution in [2.75, 3.05) is 12.4 Å². The van der Waals surface area contributed by atoms with E-state index in [1.54, 1.807) is 7.11 Å². The van der Waals surface area contributed by atoms with Gasteiger partial charge in [-0.05, 0) is 60.1 Å². The molecule has 4 rings (SSSR count). The highest BCUT2D eigenvalue weighted by Crippen LogP contribution is 2.49. The van der Waals surface area contributed by atoms with Crippen LogP contribution in [0.15, 0.2) is 42.0 Å². The molecule has 1 saturated carbocycles. The zero-order valence-electron chi connectivity index (χ0n) is 16.4. The van der Waals surface area contributed by atoms with Crippen molar-refractivity contribution < 1.29 is 9.53 Å². The first kappa shape index (κ1) is 17.8. The fraction of sp³-hybridized carbons (Fsp3) is 0.391. The Morgan fingerprint density at radius 3 is 2.63 bits per heavy atom. The molecule has 1 N–H and O–H groups in total. The summed E-state index contributed by atoms with van der Waals surface area (Å²) < 4.78 is 5.31. The Labute approximate surface area is 160 Å². The fourth-order valence-corrected chi connectivity index (χ4v) is 3.68. The average molecular weight is 362 g/mol. The van der Waals surface area contributed by atoms with Gasteiger partial charge in [-0.1, -0.05) is 44.5 Å². The number of rotatable bonds is 4. The number of aromatic nitrogens is 1. The van der Waals surface area contributed by atoms with Crippen LogP contribution >= 0.6 is 0 Å². The molecule has 2 aliphatic carbocycles. The Balaban J connectivity index is 1.55. The third kappa shape index (κ3) is 3.25. The second kappa shape index (κ2) is 6.22. The van der Waals surface area contributed by atoms with Gasteiger partial charge in [0.05, 0.1) is 18.2 Å². The van der Waals surface area contributed by atoms with Gasteiger partial charge in [0.25, 0.3) is 0 Å². The standard InChI is InChI=1S/C23H26N2O2/c1-22(2,3)17-12-15-8-9-20(24-19(15)14-17)25-21(26)23(10-11-23)16-6-5-7-18(13-16)27-4/h5-9,13-14H,10-12H2,1-4H3,(H,24,25,26). The van der Waals surface area contributed by atoms with E-state index in [4.69, 9.17) is 9.72 Å². The van der Waals surface area contributed by atoms with Gasteiger partial charge >= 0.3 is 0 Å². The highest BCUT2D eigenvalue weighted by atomic mass is 16.5. The number of amides is 1. The predicted octanol–water partition coefficient (Wildman–Crippen LogP) is 4.75. The average Bonchev–Trinajstić information content (AvgIpc) is 3.34. The van der Waals surface area contributed by atoms with Crippen LogP contribution in [0, 0.1) is 5.41 Å². The molecule has 4 nitrogen and oxygen atoms in total. The van der Waals surface area contributed by atoms with Crippen molar-refractivity contribution in [2.45, 2.75) is 45.4 Å². The molecule has 0 saturated heterocycles. The molecular weight excluding hydrogens is 336 g/mol. The number of nitrogens with zero attached hydrogens (tertiary/aromatic N) is 1. The molecule has 1 amide bonds. The van der Waals surface area contributed by atoms with E-state index in [1.165, 1.54) is 11.1 Å². The first-order valence-corrected chi connectivity index (χ1v) is 9.49. The Morgan fingerprint density at radius 2 is 1.96 bits per heavy atom. The summed E-state index contributed by atoms with van der Waals surface area (Å²) in [4.78, 5) is 17.7. The molecule has 0 aliphatic heterocycles. The van der Waals surface area contributed by atoms with Gasteiger partial charge in [0.15, 0.2) is 0 Å². The Bertz CT molecular complexity index is 934. The van der Waals surface area contributed by atoms with Crippen molar-refractivity contribution in [1.82, 2.24) is 4.98 Å². The summed E-state index contributed by atoms with van der Waals surface area (Å²) in [6.07, 6.45) is 4.81. The minimum Gasteiger partial charge on any atom is -0.497 e. The van der Waals surface area contributed by atoms with Crippen molar-refractivity contribution in [2.24, 2.45) is 5.41 Å². The summed E-state index contributed by atoms with van der Waals surface area (Å²) in [6.45, 7) is 6.66. The first-order valence-electron chi connectivity index (χ1n) is 9.49. The van der Waals surface area contributed by atoms with Gasteiger partial charge in [0.2, 0.25) is 5.91 Å². The topological polar surface area (TPSA) is 51.2 Å². The number of methoxy groups -OCH3 is 1. The number of carbonyl (C=O) groups is 1. The van der Waals surface area contributed by atoms with Crippen LogP contribution in [0.1, 0.15) is 50.4 Å². The molecule has 2 aromatic rings. The maximum Gasteiger partial charge on any atom is 0.236 e. The monoisotopic (exact) mass is 362 g/mol. The Hall–Kier alpha value is -2.62. The van der Waals surface area contributed by atoms with E-state index in [2.05, 4.69) is 38.2 Å². The number of ether oxygens (including phenoxy) is 1. The van der Waals surface area contributed by atoms with Gasteiger partial charge in [-0.2, -0.15) is 0 Å². The molecule has 4 heteroatoms. The summed E-state index contributed by atoms with van der Waals surface area (Å²) >= 11 is 0. The second-order valence-corrected chi connectivity index (χ2v) is 8.61. The van der Waals surface area contributed by atoms with E-state index in [9.17, 15) is 4.79 Å². The van der Waals surface area contributed by atoms with E-state index in [1.807, 2.05) is 30.3 Å². The van der Waals surface area contributed by atoms with E-state index < -0.39 is 5.41 Å². The molecule has 0 radical (unpaired) electrons. The van der Waals surface area contributed by atoms with Crippen molar-refractivity contribution in [3.05, 3.63) is 58.8 Å². The largest absolute Gasteiger partial charge is 0.497 e. The molecule has 0 unspecified atom stereocenters. The highest BCUT2D eigenvalue weighted by molar-refractivity contribution is 6.01. The van der Waals surface area contributed by atoms with Crippen LogP contribution in [0.5, 0.6) is 5.75 Å². The third-order valence-electron chi connectivity index (χ3n) is 5.72. The van der Waals surface area contributed by atoms with Gasteiger partial charge in [0.1, 0.15) is 11.6 Å². The summed E-state index contributed by atoms with van der Waals surface area (Å²) in [5, 5.41) is 3.04. The second-order valence-electron chi connectivity index (χ2n) is 8.61. The molecule has 1 aromatic heterocycles. The number of nitrogens with one attached hydrogen (secondary N) is 1. The zero-order chi connectivity index (χ0) is 19.2. The number of benzene rings is 1. The van der Waals surface area contributed by atoms with Gasteiger partial charge in [-0.25, -0.2) is 4.98 Å². The van der Waals surface area contributed by atoms with Crippen molar-refractivity contribution in [1.29, 1.82) is 0 Å². The molecule has 0 bridgehead atoms. The molecule has 1 heterocycles. The molecule has 0 spiro atoms. The van der Waals surface area contributed by atoms with Crippen LogP contribution in [0.4, 0.5) is 5.82 Å². The maximum absolute atomic E-state index is 13.0. The Kier molecular flexibility index (Phi) is 4.10. The number of fused-ring (bicyclic) bond motifs is 1. The smallest absolute Gasteiger partial charge is 0.236 e. The summed E-state index contributed by atoms with van der Waals surface area (Å²) in [5.41, 5.74) is 4.27. The number of carbonyl (C=O) groups excluding carboxylic acids is 1. The highest BCUT2D eigenvalue weighted by Gasteiger charge is 2.51. The van der Waals surface area contributed by atoms with E-state index in [0.29, 0.717) is 5.82 Å². The molecule has 140 valence electrons. The maximum atomic E-state index is 13.0. The van der Waals surface area contributed by atoms with Crippen molar-refractivity contribution in [3.63, 3.8) is 0 Å². The van der Waals surface area contributed by atoms with Crippen LogP contribution in [-0.2, 0) is 16.6 Å². The van der Waals surface area contributed by atoms with Crippen LogP contribution in [0.2, 0.25) is 0 Å². The summed E-state index contributed by atoms with van der Waals surface area (Å²) in [7, 11) is 1.65. The number of hydrogen-bond acceptors (Lipinski definition) is 3. The molecule has 2 aliphatic rings. The third-order valence-corrected chi connectivity index (χ3v) is 5.72. The van der Waals surface area contributed by atoms with Crippen LogP contribution < -0.4 is 10.1 Å². The lowest BCUT2D eigenvalue weighted by atomic mass is 9.85. The summed E-state index contributed by atoms with van der Waals surface area (Å²) in [5.74, 6) is 1.42. The summed E-state index contributed by atoms with van der Waals surface area (Å²) in [6, 6.07) is 11.8. The first-order chi connectivity index (χ1) is 12.8. The number of pyridine rings is 1.